The van der Waals surface area contributed by atoms with Gasteiger partial charge in [0.25, 0.3) is 10.1 Å². The van der Waals surface area contributed by atoms with Gasteiger partial charge in [-0.05, 0) is 62.4 Å². The van der Waals surface area contributed by atoms with Crippen LogP contribution in [-0.2, 0) is 14.9 Å². The van der Waals surface area contributed by atoms with Crippen molar-refractivity contribution >= 4 is 15.9 Å². The second-order valence-electron chi connectivity index (χ2n) is 9.21. The minimum atomic E-state index is -4.57. The highest BCUT2D eigenvalue weighted by atomic mass is 32.2. The van der Waals surface area contributed by atoms with E-state index in [1.54, 1.807) is 6.08 Å². The first-order chi connectivity index (χ1) is 13.1. The fraction of sp³-hybridized carbons (Fsp3) is 0.714. The van der Waals surface area contributed by atoms with Crippen LogP contribution < -0.4 is 0 Å². The molecule has 0 bridgehead atoms. The molecule has 2 N–H and O–H groups in total. The molecule has 28 heavy (non-hydrogen) atoms. The molecule has 0 aliphatic heterocycles. The predicted octanol–water partition coefficient (Wildman–Crippen LogP) is 3.15. The van der Waals surface area contributed by atoms with Crippen LogP contribution in [0.5, 0.6) is 0 Å². The predicted molar refractivity (Wildman–Crippen MR) is 102 cm³/mol. The third-order valence-electron chi connectivity index (χ3n) is 8.17. The fourth-order valence-corrected chi connectivity index (χ4v) is 8.15. The minimum absolute atomic E-state index is 0.0227. The number of hydrogen-bond donors (Lipinski definition) is 2. The minimum Gasteiger partial charge on any atom is -0.372 e. The SMILES string of the molecule is C[C@]12CC[C@H]3[C@@H](CCC4=CC(=O)C/C(=C/CC#N)[C@@H]43)[C@@H]1CC[C@@]2(O)S(=O)(=O)O. The lowest BCUT2D eigenvalue weighted by atomic mass is 9.51. The Labute approximate surface area is 166 Å². The summed E-state index contributed by atoms with van der Waals surface area (Å²) in [4.78, 5) is 10.1. The monoisotopic (exact) mass is 405 g/mol. The molecule has 6 atom stereocenters. The summed E-state index contributed by atoms with van der Waals surface area (Å²) in [5.41, 5.74) is 1.32. The van der Waals surface area contributed by atoms with Gasteiger partial charge in [0.05, 0.1) is 12.5 Å². The molecule has 3 saturated carbocycles. The van der Waals surface area contributed by atoms with Crippen molar-refractivity contribution in [2.75, 3.05) is 0 Å². The highest BCUT2D eigenvalue weighted by Crippen LogP contribution is 2.66. The first-order valence-corrected chi connectivity index (χ1v) is 11.5. The molecule has 0 radical (unpaired) electrons. The van der Waals surface area contributed by atoms with Gasteiger partial charge in [-0.1, -0.05) is 24.1 Å². The zero-order valence-corrected chi connectivity index (χ0v) is 16.9. The van der Waals surface area contributed by atoms with Crippen LogP contribution in [0.2, 0.25) is 0 Å². The Balaban J connectivity index is 1.71. The molecule has 7 heteroatoms. The molecule has 4 rings (SSSR count). The summed E-state index contributed by atoms with van der Waals surface area (Å²) in [5.74, 6) is 0.801. The molecule has 0 amide bonds. The highest BCUT2D eigenvalue weighted by molar-refractivity contribution is 7.87. The quantitative estimate of drug-likeness (QED) is 0.539. The zero-order chi connectivity index (χ0) is 20.3. The summed E-state index contributed by atoms with van der Waals surface area (Å²) in [7, 11) is -4.57. The molecular weight excluding hydrogens is 378 g/mol. The molecule has 0 aromatic rings. The smallest absolute Gasteiger partial charge is 0.295 e. The van der Waals surface area contributed by atoms with Gasteiger partial charge in [-0.25, -0.2) is 0 Å². The lowest BCUT2D eigenvalue weighted by Gasteiger charge is -2.55. The van der Waals surface area contributed by atoms with Crippen molar-refractivity contribution in [3.8, 4) is 6.07 Å². The van der Waals surface area contributed by atoms with E-state index in [1.807, 2.05) is 13.0 Å². The third-order valence-corrected chi connectivity index (χ3v) is 9.69. The van der Waals surface area contributed by atoms with Crippen molar-refractivity contribution in [1.29, 1.82) is 5.26 Å². The Hall–Kier alpha value is -1.49. The summed E-state index contributed by atoms with van der Waals surface area (Å²) < 4.78 is 33.8. The van der Waals surface area contributed by atoms with Gasteiger partial charge >= 0.3 is 0 Å². The van der Waals surface area contributed by atoms with E-state index in [4.69, 9.17) is 5.26 Å². The van der Waals surface area contributed by atoms with Crippen molar-refractivity contribution in [3.63, 3.8) is 0 Å². The van der Waals surface area contributed by atoms with Gasteiger partial charge in [0.2, 0.25) is 0 Å². The number of carbonyl (C=O) groups is 1. The van der Waals surface area contributed by atoms with Crippen LogP contribution in [0.3, 0.4) is 0 Å². The molecule has 0 unspecified atom stereocenters. The lowest BCUT2D eigenvalue weighted by molar-refractivity contribution is -0.115. The van der Waals surface area contributed by atoms with Crippen LogP contribution in [0, 0.1) is 40.4 Å². The Morgan fingerprint density at radius 1 is 1.29 bits per heavy atom. The summed E-state index contributed by atoms with van der Waals surface area (Å²) >= 11 is 0. The van der Waals surface area contributed by atoms with E-state index in [9.17, 15) is 22.9 Å². The van der Waals surface area contributed by atoms with Crippen molar-refractivity contribution in [2.45, 2.75) is 63.2 Å². The van der Waals surface area contributed by atoms with E-state index in [0.29, 0.717) is 25.2 Å². The Morgan fingerprint density at radius 3 is 2.71 bits per heavy atom. The first-order valence-electron chi connectivity index (χ1n) is 10.1. The Morgan fingerprint density at radius 2 is 2.04 bits per heavy atom. The number of carbonyl (C=O) groups excluding carboxylic acids is 1. The number of rotatable bonds is 2. The van der Waals surface area contributed by atoms with Crippen LogP contribution in [0.25, 0.3) is 0 Å². The summed E-state index contributed by atoms with van der Waals surface area (Å²) in [6, 6.07) is 2.13. The van der Waals surface area contributed by atoms with E-state index < -0.39 is 20.5 Å². The van der Waals surface area contributed by atoms with Crippen LogP contribution in [0.1, 0.15) is 58.3 Å². The molecule has 3 fully saturated rings. The molecular formula is C21H27NO5S. The van der Waals surface area contributed by atoms with E-state index in [1.165, 1.54) is 0 Å². The molecule has 6 nitrogen and oxygen atoms in total. The van der Waals surface area contributed by atoms with Gasteiger partial charge in [0, 0.05) is 17.8 Å². The van der Waals surface area contributed by atoms with Gasteiger partial charge in [0.15, 0.2) is 10.7 Å². The molecule has 4 aliphatic carbocycles. The van der Waals surface area contributed by atoms with Crippen LogP contribution in [-0.4, -0.2) is 28.8 Å². The molecule has 0 saturated heterocycles. The van der Waals surface area contributed by atoms with Gasteiger partial charge in [0.1, 0.15) is 0 Å². The first kappa shape index (κ1) is 19.8. The van der Waals surface area contributed by atoms with Crippen LogP contribution in [0.15, 0.2) is 23.3 Å². The molecule has 152 valence electrons. The Bertz CT molecular complexity index is 914. The second kappa shape index (κ2) is 6.51. The average Bonchev–Trinajstić information content (AvgIpc) is 2.91. The van der Waals surface area contributed by atoms with Crippen molar-refractivity contribution < 1.29 is 22.9 Å². The van der Waals surface area contributed by atoms with Crippen LogP contribution in [0.4, 0.5) is 0 Å². The normalized spacial score (nSPS) is 44.3. The van der Waals surface area contributed by atoms with E-state index in [0.717, 1.165) is 30.4 Å². The fourth-order valence-electron chi connectivity index (χ4n) is 6.93. The lowest BCUT2D eigenvalue weighted by Crippen LogP contribution is -2.56. The number of aliphatic hydroxyl groups is 1. The van der Waals surface area contributed by atoms with Gasteiger partial charge < -0.3 is 5.11 Å². The second-order valence-corrected chi connectivity index (χ2v) is 10.8. The summed E-state index contributed by atoms with van der Waals surface area (Å²) in [6.45, 7) is 1.82. The maximum atomic E-state index is 12.2. The topological polar surface area (TPSA) is 115 Å². The van der Waals surface area contributed by atoms with E-state index >= 15 is 0 Å². The molecule has 0 spiro atoms. The van der Waals surface area contributed by atoms with Gasteiger partial charge in [-0.2, -0.15) is 13.7 Å². The van der Waals surface area contributed by atoms with Crippen molar-refractivity contribution in [3.05, 3.63) is 23.3 Å². The largest absolute Gasteiger partial charge is 0.372 e. The number of allylic oxidation sites excluding steroid dienone is 3. The molecule has 0 aromatic heterocycles. The number of fused-ring (bicyclic) bond motifs is 5. The molecule has 0 heterocycles. The van der Waals surface area contributed by atoms with Crippen molar-refractivity contribution in [1.82, 2.24) is 0 Å². The number of nitriles is 1. The van der Waals surface area contributed by atoms with Crippen molar-refractivity contribution in [2.24, 2.45) is 29.1 Å². The van der Waals surface area contributed by atoms with Gasteiger partial charge in [-0.15, -0.1) is 0 Å². The third kappa shape index (κ3) is 2.65. The van der Waals surface area contributed by atoms with Gasteiger partial charge in [-0.3, -0.25) is 9.35 Å². The number of nitrogens with zero attached hydrogens (tertiary/aromatic N) is 1. The maximum Gasteiger partial charge on any atom is 0.295 e. The standard InChI is InChI=1S/C21H27NO5S/c1-20-8-6-17-16(18(20)7-9-21(20,24)28(25,26)27)5-4-14-12-15(23)11-13(19(14)17)3-2-10-22/h3,12,16-19,24H,2,4-9,11H2,1H3,(H,25,26,27)/b13-3-/t16-,17+,18+,19+,20+,21-/m1/s1. The van der Waals surface area contributed by atoms with E-state index in [2.05, 4.69) is 6.07 Å². The molecule has 4 aliphatic rings. The molecule has 0 aromatic carbocycles. The van der Waals surface area contributed by atoms with E-state index in [-0.39, 0.29) is 36.4 Å². The summed E-state index contributed by atoms with van der Waals surface area (Å²) in [5, 5.41) is 19.9. The summed E-state index contributed by atoms with van der Waals surface area (Å²) in [6.07, 6.45) is 7.90. The number of ketones is 1. The number of hydrogen-bond acceptors (Lipinski definition) is 5. The maximum absolute atomic E-state index is 12.2. The average molecular weight is 406 g/mol. The van der Waals surface area contributed by atoms with Crippen LogP contribution >= 0.6 is 0 Å². The highest BCUT2D eigenvalue weighted by Gasteiger charge is 2.67. The zero-order valence-electron chi connectivity index (χ0n) is 16.1. The Kier molecular flexibility index (Phi) is 4.61.